The molecule has 4 aromatic carbocycles. The summed E-state index contributed by atoms with van der Waals surface area (Å²) in [6.45, 7) is 9.17. The zero-order chi connectivity index (χ0) is 50.5. The Morgan fingerprint density at radius 3 is 0.746 bits per heavy atom. The van der Waals surface area contributed by atoms with E-state index in [-0.39, 0.29) is 0 Å². The summed E-state index contributed by atoms with van der Waals surface area (Å²) in [5.74, 6) is 7.12. The summed E-state index contributed by atoms with van der Waals surface area (Å²) in [7, 11) is 0. The minimum atomic E-state index is 0.781. The molecule has 4 aliphatic rings. The van der Waals surface area contributed by atoms with E-state index in [0.717, 1.165) is 67.4 Å². The molecule has 71 heavy (non-hydrogen) atoms. The molecule has 4 heteroatoms. The molecular formula is C67H98Cl4. The number of benzene rings is 4. The van der Waals surface area contributed by atoms with Crippen LogP contribution in [0.3, 0.4) is 0 Å². The van der Waals surface area contributed by atoms with Crippen LogP contribution >= 0.6 is 46.4 Å². The average molecular weight is 1050 g/mol. The van der Waals surface area contributed by atoms with E-state index in [0.29, 0.717) is 0 Å². The van der Waals surface area contributed by atoms with Gasteiger partial charge < -0.3 is 0 Å². The minimum Gasteiger partial charge on any atom is -0.0843 e. The zero-order valence-electron chi connectivity index (χ0n) is 45.3. The van der Waals surface area contributed by atoms with Crippen LogP contribution in [0.1, 0.15) is 273 Å². The normalized spacial score (nSPS) is 24.3. The van der Waals surface area contributed by atoms with Gasteiger partial charge in [-0.05, 0) is 221 Å². The molecule has 8 rings (SSSR count). The van der Waals surface area contributed by atoms with Gasteiger partial charge in [-0.1, -0.05) is 219 Å². The van der Waals surface area contributed by atoms with E-state index in [1.54, 1.807) is 0 Å². The number of hydrogen-bond donors (Lipinski definition) is 0. The maximum Gasteiger partial charge on any atom is 0.0406 e. The SMILES string of the molecule is CCCC1CCC(c2ccc(Cl)cc2)CC1.CCCCC1CCC(c2ccc(Cl)cc2)CC1.CCCCCC1CCC(c2ccc(Cl)cc2)CC1.CCCCCCCC1CCC(c2ccc(Cl)cc2)CC1. The lowest BCUT2D eigenvalue weighted by molar-refractivity contribution is 0.302. The molecule has 0 atom stereocenters. The molecule has 0 aromatic heterocycles. The Morgan fingerprint density at radius 1 is 0.254 bits per heavy atom. The van der Waals surface area contributed by atoms with Crippen molar-refractivity contribution < 1.29 is 0 Å². The second-order valence-electron chi connectivity index (χ2n) is 22.7. The van der Waals surface area contributed by atoms with E-state index in [9.17, 15) is 0 Å². The quantitative estimate of drug-likeness (QED) is 0.0821. The topological polar surface area (TPSA) is 0 Å². The van der Waals surface area contributed by atoms with Crippen LogP contribution in [0.4, 0.5) is 0 Å². The first-order valence-electron chi connectivity index (χ1n) is 29.7. The van der Waals surface area contributed by atoms with Crippen molar-refractivity contribution in [2.75, 3.05) is 0 Å². The molecule has 0 unspecified atom stereocenters. The number of rotatable bonds is 19. The maximum atomic E-state index is 5.97. The molecule has 0 saturated heterocycles. The highest BCUT2D eigenvalue weighted by molar-refractivity contribution is 6.31. The first-order chi connectivity index (χ1) is 34.7. The monoisotopic (exact) mass is 1040 g/mol. The van der Waals surface area contributed by atoms with E-state index in [1.807, 2.05) is 48.5 Å². The van der Waals surface area contributed by atoms with Crippen LogP contribution < -0.4 is 0 Å². The van der Waals surface area contributed by atoms with Crippen molar-refractivity contribution in [1.82, 2.24) is 0 Å². The lowest BCUT2D eigenvalue weighted by Crippen LogP contribution is -2.13. The fourth-order valence-corrected chi connectivity index (χ4v) is 13.2. The molecule has 0 amide bonds. The summed E-state index contributed by atoms with van der Waals surface area (Å²) in [5, 5.41) is 3.41. The molecule has 0 N–H and O–H groups in total. The Balaban J connectivity index is 0.000000177. The van der Waals surface area contributed by atoms with Gasteiger partial charge in [0.2, 0.25) is 0 Å². The predicted octanol–water partition coefficient (Wildman–Crippen LogP) is 24.4. The van der Waals surface area contributed by atoms with E-state index >= 15 is 0 Å². The van der Waals surface area contributed by atoms with Gasteiger partial charge in [0.1, 0.15) is 0 Å². The molecular weight excluding hydrogens is 947 g/mol. The first-order valence-corrected chi connectivity index (χ1v) is 31.2. The predicted molar refractivity (Wildman–Crippen MR) is 317 cm³/mol. The van der Waals surface area contributed by atoms with Gasteiger partial charge in [0.15, 0.2) is 0 Å². The molecule has 4 saturated carbocycles. The molecule has 0 heterocycles. The third kappa shape index (κ3) is 23.2. The van der Waals surface area contributed by atoms with E-state index in [4.69, 9.17) is 46.4 Å². The summed E-state index contributed by atoms with van der Waals surface area (Å²) in [6.07, 6.45) is 43.6. The van der Waals surface area contributed by atoms with Crippen molar-refractivity contribution in [3.63, 3.8) is 0 Å². The molecule has 4 aliphatic carbocycles. The van der Waals surface area contributed by atoms with E-state index in [1.165, 1.54) is 221 Å². The van der Waals surface area contributed by atoms with Gasteiger partial charge in [0, 0.05) is 20.1 Å². The standard InChI is InChI=1S/C19H29Cl.C17H25Cl.C16H23Cl.C15H21Cl/c1-2-3-4-5-6-7-16-8-10-17(11-9-16)18-12-14-19(20)15-13-18;1-2-3-4-5-14-6-8-15(9-7-14)16-10-12-17(18)13-11-16;1-2-3-4-13-5-7-14(8-6-13)15-9-11-16(17)12-10-15;1-2-3-12-4-6-13(7-5-12)14-8-10-15(16)11-9-14/h12-17H,2-11H2,1H3;10-15H,2-9H2,1H3;9-14H,2-8H2,1H3;8-13H,2-7H2,1H3. The molecule has 0 bridgehead atoms. The molecule has 0 nitrogen and oxygen atoms in total. The summed E-state index contributed by atoms with van der Waals surface area (Å²) in [5.41, 5.74) is 5.96. The lowest BCUT2D eigenvalue weighted by atomic mass is 9.77. The molecule has 394 valence electrons. The highest BCUT2D eigenvalue weighted by atomic mass is 35.5. The van der Waals surface area contributed by atoms with E-state index in [2.05, 4.69) is 76.2 Å². The van der Waals surface area contributed by atoms with Gasteiger partial charge in [-0.15, -0.1) is 0 Å². The van der Waals surface area contributed by atoms with Gasteiger partial charge >= 0.3 is 0 Å². The van der Waals surface area contributed by atoms with Crippen LogP contribution in [0.15, 0.2) is 97.1 Å². The van der Waals surface area contributed by atoms with Gasteiger partial charge in [-0.3, -0.25) is 0 Å². The number of hydrogen-bond acceptors (Lipinski definition) is 0. The Hall–Kier alpha value is -1.96. The summed E-state index contributed by atoms with van der Waals surface area (Å²) in [6, 6.07) is 33.9. The van der Waals surface area contributed by atoms with Crippen LogP contribution in [-0.2, 0) is 0 Å². The van der Waals surface area contributed by atoms with Crippen molar-refractivity contribution in [2.45, 2.75) is 250 Å². The second-order valence-corrected chi connectivity index (χ2v) is 24.5. The number of halogens is 4. The van der Waals surface area contributed by atoms with Crippen molar-refractivity contribution >= 4 is 46.4 Å². The molecule has 0 radical (unpaired) electrons. The van der Waals surface area contributed by atoms with Gasteiger partial charge in [-0.25, -0.2) is 0 Å². The van der Waals surface area contributed by atoms with Gasteiger partial charge in [0.25, 0.3) is 0 Å². The van der Waals surface area contributed by atoms with Crippen LogP contribution in [0, 0.1) is 23.7 Å². The van der Waals surface area contributed by atoms with Crippen molar-refractivity contribution in [1.29, 1.82) is 0 Å². The molecule has 4 aromatic rings. The third-order valence-electron chi connectivity index (χ3n) is 17.3. The Kier molecular flexibility index (Phi) is 29.8. The summed E-state index contributed by atoms with van der Waals surface area (Å²) < 4.78 is 0. The maximum absolute atomic E-state index is 5.97. The number of unbranched alkanes of at least 4 members (excludes halogenated alkanes) is 7. The summed E-state index contributed by atoms with van der Waals surface area (Å²) in [4.78, 5) is 0. The largest absolute Gasteiger partial charge is 0.0843 e. The Labute approximate surface area is 457 Å². The highest BCUT2D eigenvalue weighted by Crippen LogP contribution is 2.41. The van der Waals surface area contributed by atoms with Gasteiger partial charge in [-0.2, -0.15) is 0 Å². The van der Waals surface area contributed by atoms with Crippen molar-refractivity contribution in [2.24, 2.45) is 23.7 Å². The molecule has 0 aliphatic heterocycles. The highest BCUT2D eigenvalue weighted by Gasteiger charge is 2.25. The smallest absolute Gasteiger partial charge is 0.0406 e. The minimum absolute atomic E-state index is 0.781. The van der Waals surface area contributed by atoms with Crippen LogP contribution in [0.5, 0.6) is 0 Å². The lowest BCUT2D eigenvalue weighted by Gasteiger charge is -2.29. The van der Waals surface area contributed by atoms with Gasteiger partial charge in [0.05, 0.1) is 0 Å². The zero-order valence-corrected chi connectivity index (χ0v) is 48.3. The fraction of sp³-hybridized carbons (Fsp3) is 0.642. The Morgan fingerprint density at radius 2 is 0.479 bits per heavy atom. The second kappa shape index (κ2) is 35.3. The molecule has 0 spiro atoms. The van der Waals surface area contributed by atoms with Crippen LogP contribution in [0.2, 0.25) is 20.1 Å². The summed E-state index contributed by atoms with van der Waals surface area (Å²) >= 11 is 23.8. The van der Waals surface area contributed by atoms with Crippen LogP contribution in [-0.4, -0.2) is 0 Å². The van der Waals surface area contributed by atoms with Crippen molar-refractivity contribution in [3.8, 4) is 0 Å². The first kappa shape index (κ1) is 59.9. The fourth-order valence-electron chi connectivity index (χ4n) is 12.7. The third-order valence-corrected chi connectivity index (χ3v) is 18.4. The van der Waals surface area contributed by atoms with Crippen molar-refractivity contribution in [3.05, 3.63) is 139 Å². The Bertz CT molecular complexity index is 1890. The molecule has 4 fully saturated rings. The van der Waals surface area contributed by atoms with E-state index < -0.39 is 0 Å². The average Bonchev–Trinajstić information content (AvgIpc) is 3.40. The van der Waals surface area contributed by atoms with Crippen LogP contribution in [0.25, 0.3) is 0 Å².